The third-order valence-electron chi connectivity index (χ3n) is 3.35. The molecule has 3 rings (SSSR count). The summed E-state index contributed by atoms with van der Waals surface area (Å²) in [5.41, 5.74) is 1.43. The molecule has 1 N–H and O–H groups in total. The number of hydrogen-bond acceptors (Lipinski definition) is 3. The summed E-state index contributed by atoms with van der Waals surface area (Å²) in [6.07, 6.45) is -0.767. The van der Waals surface area contributed by atoms with Crippen LogP contribution in [0.15, 0.2) is 60.7 Å². The van der Waals surface area contributed by atoms with Gasteiger partial charge in [0.2, 0.25) is 5.88 Å². The normalized spacial score (nSPS) is 12.3. The highest BCUT2D eigenvalue weighted by Gasteiger charge is 2.15. The van der Waals surface area contributed by atoms with Gasteiger partial charge in [-0.3, -0.25) is 0 Å². The first-order chi connectivity index (χ1) is 9.79. The van der Waals surface area contributed by atoms with Gasteiger partial charge in [0, 0.05) is 6.07 Å². The maximum absolute atomic E-state index is 10.6. The van der Waals surface area contributed by atoms with Crippen LogP contribution in [0, 0.1) is 0 Å². The Kier molecular flexibility index (Phi) is 3.35. The molecule has 3 nitrogen and oxygen atoms in total. The third kappa shape index (κ3) is 2.24. The number of ether oxygens (including phenoxy) is 1. The molecule has 1 heterocycles. The van der Waals surface area contributed by atoms with Gasteiger partial charge in [0.05, 0.1) is 12.8 Å². The lowest BCUT2D eigenvalue weighted by Gasteiger charge is -2.14. The first kappa shape index (κ1) is 12.6. The maximum atomic E-state index is 10.6. The highest BCUT2D eigenvalue weighted by atomic mass is 16.5. The first-order valence-electron chi connectivity index (χ1n) is 6.46. The Balaban J connectivity index is 2.10. The summed E-state index contributed by atoms with van der Waals surface area (Å²) in [6.45, 7) is 0. The summed E-state index contributed by atoms with van der Waals surface area (Å²) >= 11 is 0. The lowest BCUT2D eigenvalue weighted by Crippen LogP contribution is -2.03. The molecule has 2 aromatic carbocycles. The minimum Gasteiger partial charge on any atom is -0.481 e. The number of methoxy groups -OCH3 is 1. The highest BCUT2D eigenvalue weighted by molar-refractivity contribution is 5.86. The van der Waals surface area contributed by atoms with Gasteiger partial charge in [-0.2, -0.15) is 0 Å². The van der Waals surface area contributed by atoms with E-state index in [1.54, 1.807) is 19.2 Å². The first-order valence-corrected chi connectivity index (χ1v) is 6.46. The van der Waals surface area contributed by atoms with Crippen LogP contribution in [0.2, 0.25) is 0 Å². The molecule has 0 aliphatic carbocycles. The molecule has 100 valence electrons. The van der Waals surface area contributed by atoms with E-state index >= 15 is 0 Å². The summed E-state index contributed by atoms with van der Waals surface area (Å²) < 4.78 is 5.11. The average molecular weight is 265 g/mol. The van der Waals surface area contributed by atoms with Gasteiger partial charge in [-0.1, -0.05) is 48.5 Å². The lowest BCUT2D eigenvalue weighted by molar-refractivity contribution is 0.215. The van der Waals surface area contributed by atoms with Gasteiger partial charge in [-0.15, -0.1) is 0 Å². The number of aromatic nitrogens is 1. The quantitative estimate of drug-likeness (QED) is 0.790. The van der Waals surface area contributed by atoms with Gasteiger partial charge in [0.15, 0.2) is 0 Å². The summed E-state index contributed by atoms with van der Waals surface area (Å²) in [5, 5.41) is 12.7. The maximum Gasteiger partial charge on any atom is 0.213 e. The van der Waals surface area contributed by atoms with Crippen molar-refractivity contribution in [3.8, 4) is 5.88 Å². The van der Waals surface area contributed by atoms with Crippen molar-refractivity contribution < 1.29 is 9.84 Å². The molecule has 1 unspecified atom stereocenters. The standard InChI is InChI=1S/C17H15NO2/c1-20-16-11-5-10-15(18-16)17(19)14-9-4-7-12-6-2-3-8-13(12)14/h2-11,17,19H,1H3. The Bertz CT molecular complexity index is 734. The van der Waals surface area contributed by atoms with Crippen LogP contribution in [0.25, 0.3) is 10.8 Å². The van der Waals surface area contributed by atoms with Crippen LogP contribution in [-0.4, -0.2) is 17.2 Å². The number of fused-ring (bicyclic) bond motifs is 1. The Morgan fingerprint density at radius 1 is 0.950 bits per heavy atom. The van der Waals surface area contributed by atoms with Gasteiger partial charge in [-0.05, 0) is 22.4 Å². The molecular formula is C17H15NO2. The van der Waals surface area contributed by atoms with Crippen LogP contribution < -0.4 is 4.74 Å². The molecule has 3 aromatic rings. The molecule has 20 heavy (non-hydrogen) atoms. The number of nitrogens with zero attached hydrogens (tertiary/aromatic N) is 1. The van der Waals surface area contributed by atoms with E-state index in [9.17, 15) is 5.11 Å². The smallest absolute Gasteiger partial charge is 0.213 e. The van der Waals surface area contributed by atoms with Crippen LogP contribution in [0.5, 0.6) is 5.88 Å². The van der Waals surface area contributed by atoms with Crippen molar-refractivity contribution in [3.05, 3.63) is 71.9 Å². The molecule has 0 amide bonds. The molecule has 3 heteroatoms. The van der Waals surface area contributed by atoms with E-state index in [2.05, 4.69) is 4.98 Å². The molecule has 1 aromatic heterocycles. The fraction of sp³-hybridized carbons (Fsp3) is 0.118. The number of benzene rings is 2. The van der Waals surface area contributed by atoms with E-state index in [1.165, 1.54) is 0 Å². The van der Waals surface area contributed by atoms with Crippen LogP contribution >= 0.6 is 0 Å². The summed E-state index contributed by atoms with van der Waals surface area (Å²) in [6, 6.07) is 19.3. The summed E-state index contributed by atoms with van der Waals surface area (Å²) in [5.74, 6) is 0.502. The monoisotopic (exact) mass is 265 g/mol. The summed E-state index contributed by atoms with van der Waals surface area (Å²) in [4.78, 5) is 4.30. The van der Waals surface area contributed by atoms with E-state index in [-0.39, 0.29) is 0 Å². The second-order valence-corrected chi connectivity index (χ2v) is 4.58. The Morgan fingerprint density at radius 2 is 1.70 bits per heavy atom. The molecule has 0 radical (unpaired) electrons. The van der Waals surface area contributed by atoms with Crippen molar-refractivity contribution in [2.24, 2.45) is 0 Å². The minimum atomic E-state index is -0.767. The SMILES string of the molecule is COc1cccc(C(O)c2cccc3ccccc23)n1. The average Bonchev–Trinajstić information content (AvgIpc) is 2.53. The van der Waals surface area contributed by atoms with Crippen molar-refractivity contribution in [3.63, 3.8) is 0 Å². The predicted octanol–water partition coefficient (Wildman–Crippen LogP) is 3.33. The number of rotatable bonds is 3. The van der Waals surface area contributed by atoms with Gasteiger partial charge < -0.3 is 9.84 Å². The second kappa shape index (κ2) is 5.31. The Morgan fingerprint density at radius 3 is 2.55 bits per heavy atom. The largest absolute Gasteiger partial charge is 0.481 e. The van der Waals surface area contributed by atoms with E-state index < -0.39 is 6.10 Å². The predicted molar refractivity (Wildman–Crippen MR) is 78.8 cm³/mol. The van der Waals surface area contributed by atoms with Crippen LogP contribution in [0.4, 0.5) is 0 Å². The van der Waals surface area contributed by atoms with Crippen molar-refractivity contribution >= 4 is 10.8 Å². The van der Waals surface area contributed by atoms with Crippen molar-refractivity contribution in [2.45, 2.75) is 6.10 Å². The molecule has 1 atom stereocenters. The molecule has 0 saturated carbocycles. The highest BCUT2D eigenvalue weighted by Crippen LogP contribution is 2.28. The molecular weight excluding hydrogens is 250 g/mol. The van der Waals surface area contributed by atoms with E-state index in [0.717, 1.165) is 16.3 Å². The number of aliphatic hydroxyl groups is 1. The fourth-order valence-corrected chi connectivity index (χ4v) is 2.34. The van der Waals surface area contributed by atoms with Crippen molar-refractivity contribution in [1.82, 2.24) is 4.98 Å². The molecule has 0 saturated heterocycles. The van der Waals surface area contributed by atoms with Crippen LogP contribution in [-0.2, 0) is 0 Å². The zero-order valence-electron chi connectivity index (χ0n) is 11.2. The van der Waals surface area contributed by atoms with Gasteiger partial charge >= 0.3 is 0 Å². The van der Waals surface area contributed by atoms with Crippen LogP contribution in [0.3, 0.4) is 0 Å². The molecule has 0 aliphatic heterocycles. The Hall–Kier alpha value is -2.39. The van der Waals surface area contributed by atoms with Crippen molar-refractivity contribution in [1.29, 1.82) is 0 Å². The number of aliphatic hydroxyl groups excluding tert-OH is 1. The third-order valence-corrected chi connectivity index (χ3v) is 3.35. The van der Waals surface area contributed by atoms with E-state index in [0.29, 0.717) is 11.6 Å². The van der Waals surface area contributed by atoms with Gasteiger partial charge in [0.25, 0.3) is 0 Å². The molecule has 0 bridgehead atoms. The van der Waals surface area contributed by atoms with Crippen molar-refractivity contribution in [2.75, 3.05) is 7.11 Å². The van der Waals surface area contributed by atoms with Gasteiger partial charge in [-0.25, -0.2) is 4.98 Å². The number of pyridine rings is 1. The number of hydrogen-bond donors (Lipinski definition) is 1. The Labute approximate surface area is 117 Å². The molecule has 0 aliphatic rings. The van der Waals surface area contributed by atoms with E-state index in [4.69, 9.17) is 4.74 Å². The fourth-order valence-electron chi connectivity index (χ4n) is 2.34. The summed E-state index contributed by atoms with van der Waals surface area (Å²) in [7, 11) is 1.57. The molecule has 0 fully saturated rings. The topological polar surface area (TPSA) is 42.4 Å². The zero-order chi connectivity index (χ0) is 13.9. The minimum absolute atomic E-state index is 0.502. The zero-order valence-corrected chi connectivity index (χ0v) is 11.2. The second-order valence-electron chi connectivity index (χ2n) is 4.58. The lowest BCUT2D eigenvalue weighted by atomic mass is 9.98. The van der Waals surface area contributed by atoms with E-state index in [1.807, 2.05) is 48.5 Å². The molecule has 0 spiro atoms. The van der Waals surface area contributed by atoms with Gasteiger partial charge in [0.1, 0.15) is 6.10 Å². The van der Waals surface area contributed by atoms with Crippen LogP contribution in [0.1, 0.15) is 17.4 Å².